The first-order valence-corrected chi connectivity index (χ1v) is 7.78. The van der Waals surface area contributed by atoms with Crippen LogP contribution in [0.15, 0.2) is 0 Å². The molecule has 2 aliphatic rings. The van der Waals surface area contributed by atoms with Crippen molar-refractivity contribution in [2.45, 2.75) is 71.6 Å². The normalized spacial score (nSPS) is 25.6. The zero-order chi connectivity index (χ0) is 14.1. The first kappa shape index (κ1) is 16.2. The maximum atomic E-state index is 10.4. The zero-order valence-electron chi connectivity index (χ0n) is 12.5. The van der Waals surface area contributed by atoms with Crippen LogP contribution in [0.4, 0.5) is 0 Å². The minimum Gasteiger partial charge on any atom is -0.466 e. The Balaban J connectivity index is 0.000000192. The third kappa shape index (κ3) is 6.74. The van der Waals surface area contributed by atoms with Crippen molar-refractivity contribution in [3.05, 3.63) is 0 Å². The topological polar surface area (TPSA) is 43.4 Å². The van der Waals surface area contributed by atoms with Crippen LogP contribution in [0.3, 0.4) is 0 Å². The Morgan fingerprint density at radius 2 is 1.37 bits per heavy atom. The van der Waals surface area contributed by atoms with E-state index in [1.807, 2.05) is 0 Å². The van der Waals surface area contributed by atoms with Crippen LogP contribution >= 0.6 is 0 Å². The van der Waals surface area contributed by atoms with Crippen molar-refractivity contribution < 1.29 is 14.3 Å². The van der Waals surface area contributed by atoms with E-state index in [0.29, 0.717) is 6.61 Å². The Hall–Kier alpha value is -0.860. The number of hydrogen-bond donors (Lipinski definition) is 0. The molecule has 3 nitrogen and oxygen atoms in total. The predicted octanol–water partition coefficient (Wildman–Crippen LogP) is 3.90. The molecule has 0 atom stereocenters. The van der Waals surface area contributed by atoms with Gasteiger partial charge in [-0.05, 0) is 25.7 Å². The molecule has 2 saturated carbocycles. The second kappa shape index (κ2) is 9.11. The molecule has 0 unspecified atom stereocenters. The Morgan fingerprint density at radius 3 is 1.68 bits per heavy atom. The highest BCUT2D eigenvalue weighted by atomic mass is 16.5. The number of carbonyl (C=O) groups is 2. The molecular weight excluding hydrogens is 240 g/mol. The molecule has 3 heteroatoms. The Labute approximate surface area is 117 Å². The molecule has 19 heavy (non-hydrogen) atoms. The van der Waals surface area contributed by atoms with Gasteiger partial charge in [0.15, 0.2) is 0 Å². The fourth-order valence-electron chi connectivity index (χ4n) is 3.27. The lowest BCUT2D eigenvalue weighted by molar-refractivity contribution is -0.145. The van der Waals surface area contributed by atoms with Gasteiger partial charge in [0.05, 0.1) is 6.61 Å². The molecular formula is C16H28O3. The fourth-order valence-corrected chi connectivity index (χ4v) is 3.27. The van der Waals surface area contributed by atoms with Gasteiger partial charge >= 0.3 is 5.97 Å². The number of Topliss-reactive ketones (excluding diaryl/α,β-unsaturated/α-hetero) is 1. The smallest absolute Gasteiger partial charge is 0.313 e. The maximum absolute atomic E-state index is 10.4. The summed E-state index contributed by atoms with van der Waals surface area (Å²) in [6, 6.07) is 0. The molecule has 0 spiro atoms. The van der Waals surface area contributed by atoms with Gasteiger partial charge in [-0.15, -0.1) is 0 Å². The highest BCUT2D eigenvalue weighted by Gasteiger charge is 2.26. The van der Waals surface area contributed by atoms with Crippen molar-refractivity contribution in [3.8, 4) is 0 Å². The lowest BCUT2D eigenvalue weighted by atomic mass is 9.71. The summed E-state index contributed by atoms with van der Waals surface area (Å²) < 4.78 is 4.49. The van der Waals surface area contributed by atoms with Crippen LogP contribution in [-0.2, 0) is 14.3 Å². The minimum atomic E-state index is -0.440. The van der Waals surface area contributed by atoms with Gasteiger partial charge in [-0.2, -0.15) is 0 Å². The Morgan fingerprint density at radius 1 is 0.947 bits per heavy atom. The predicted molar refractivity (Wildman–Crippen MR) is 75.8 cm³/mol. The first-order valence-electron chi connectivity index (χ1n) is 7.78. The highest BCUT2D eigenvalue weighted by molar-refractivity contribution is 5.94. The van der Waals surface area contributed by atoms with E-state index in [9.17, 15) is 9.59 Å². The number of carbonyl (C=O) groups excluding carboxylic acids is 2. The number of rotatable bonds is 3. The van der Waals surface area contributed by atoms with Gasteiger partial charge in [0, 0.05) is 0 Å². The SMILES string of the molecule is C1CCC2CCCCC2C1.CCOC(=O)CC(C)=O. The second-order valence-corrected chi connectivity index (χ2v) is 5.77. The summed E-state index contributed by atoms with van der Waals surface area (Å²) in [5, 5.41) is 0. The van der Waals surface area contributed by atoms with Crippen molar-refractivity contribution >= 4 is 11.8 Å². The third-order valence-electron chi connectivity index (χ3n) is 4.16. The number of esters is 1. The second-order valence-electron chi connectivity index (χ2n) is 5.77. The molecule has 0 bridgehead atoms. The van der Waals surface area contributed by atoms with Gasteiger partial charge in [0.2, 0.25) is 0 Å². The lowest BCUT2D eigenvalue weighted by Crippen LogP contribution is -2.22. The monoisotopic (exact) mass is 268 g/mol. The molecule has 110 valence electrons. The van der Waals surface area contributed by atoms with E-state index in [-0.39, 0.29) is 12.2 Å². The number of hydrogen-bond acceptors (Lipinski definition) is 3. The van der Waals surface area contributed by atoms with E-state index in [0.717, 1.165) is 11.8 Å². The summed E-state index contributed by atoms with van der Waals surface area (Å²) in [7, 11) is 0. The van der Waals surface area contributed by atoms with Crippen molar-refractivity contribution in [2.24, 2.45) is 11.8 Å². The standard InChI is InChI=1S/C10H18.C6H10O3/c1-2-6-10-8-4-3-7-9(10)5-1;1-3-9-6(8)4-5(2)7/h9-10H,1-8H2;3-4H2,1-2H3. The van der Waals surface area contributed by atoms with Crippen LogP contribution in [0.1, 0.15) is 71.6 Å². The molecule has 2 fully saturated rings. The summed E-state index contributed by atoms with van der Waals surface area (Å²) in [5.41, 5.74) is 0. The Kier molecular flexibility index (Phi) is 7.76. The van der Waals surface area contributed by atoms with E-state index in [2.05, 4.69) is 4.74 Å². The van der Waals surface area contributed by atoms with Crippen molar-refractivity contribution in [1.82, 2.24) is 0 Å². The van der Waals surface area contributed by atoms with Crippen LogP contribution in [0, 0.1) is 11.8 Å². The summed E-state index contributed by atoms with van der Waals surface area (Å²) >= 11 is 0. The van der Waals surface area contributed by atoms with E-state index in [1.165, 1.54) is 32.6 Å². The van der Waals surface area contributed by atoms with Crippen molar-refractivity contribution in [2.75, 3.05) is 6.61 Å². The largest absolute Gasteiger partial charge is 0.466 e. The lowest BCUT2D eigenvalue weighted by Gasteiger charge is -2.35. The van der Waals surface area contributed by atoms with Crippen LogP contribution in [0.25, 0.3) is 0 Å². The van der Waals surface area contributed by atoms with E-state index >= 15 is 0 Å². The number of fused-ring (bicyclic) bond motifs is 1. The van der Waals surface area contributed by atoms with E-state index < -0.39 is 5.97 Å². The fraction of sp³-hybridized carbons (Fsp3) is 0.875. The average Bonchev–Trinajstić information content (AvgIpc) is 2.39. The quantitative estimate of drug-likeness (QED) is 0.576. The molecule has 0 aromatic carbocycles. The van der Waals surface area contributed by atoms with Gasteiger partial charge in [-0.3, -0.25) is 9.59 Å². The zero-order valence-corrected chi connectivity index (χ0v) is 12.5. The molecule has 0 saturated heterocycles. The van der Waals surface area contributed by atoms with Gasteiger partial charge in [0.1, 0.15) is 12.2 Å². The molecule has 2 rings (SSSR count). The van der Waals surface area contributed by atoms with Crippen LogP contribution in [0.2, 0.25) is 0 Å². The molecule has 0 aromatic rings. The summed E-state index contributed by atoms with van der Waals surface area (Å²) in [4.78, 5) is 20.6. The Bertz CT molecular complexity index is 260. The molecule has 0 amide bonds. The molecule has 0 aliphatic heterocycles. The maximum Gasteiger partial charge on any atom is 0.313 e. The van der Waals surface area contributed by atoms with Crippen LogP contribution in [-0.4, -0.2) is 18.4 Å². The van der Waals surface area contributed by atoms with Gasteiger partial charge in [-0.1, -0.05) is 51.4 Å². The summed E-state index contributed by atoms with van der Waals surface area (Å²) in [6.07, 6.45) is 12.3. The van der Waals surface area contributed by atoms with E-state index in [1.54, 1.807) is 32.6 Å². The molecule has 2 aliphatic carbocycles. The molecule has 0 N–H and O–H groups in total. The minimum absolute atomic E-state index is 0.103. The van der Waals surface area contributed by atoms with Crippen LogP contribution < -0.4 is 0 Å². The van der Waals surface area contributed by atoms with E-state index in [4.69, 9.17) is 0 Å². The van der Waals surface area contributed by atoms with Crippen molar-refractivity contribution in [1.29, 1.82) is 0 Å². The summed E-state index contributed by atoms with van der Waals surface area (Å²) in [6.45, 7) is 3.40. The van der Waals surface area contributed by atoms with Gasteiger partial charge < -0.3 is 4.74 Å². The molecule has 0 heterocycles. The summed E-state index contributed by atoms with van der Waals surface area (Å²) in [5.74, 6) is 1.71. The average molecular weight is 268 g/mol. The van der Waals surface area contributed by atoms with Gasteiger partial charge in [-0.25, -0.2) is 0 Å². The first-order chi connectivity index (χ1) is 9.13. The third-order valence-corrected chi connectivity index (χ3v) is 4.16. The van der Waals surface area contributed by atoms with Crippen molar-refractivity contribution in [3.63, 3.8) is 0 Å². The number of ether oxygens (including phenoxy) is 1. The highest BCUT2D eigenvalue weighted by Crippen LogP contribution is 2.39. The molecule has 0 radical (unpaired) electrons. The van der Waals surface area contributed by atoms with Gasteiger partial charge in [0.25, 0.3) is 0 Å². The van der Waals surface area contributed by atoms with Crippen LogP contribution in [0.5, 0.6) is 0 Å². The number of ketones is 1. The molecule has 0 aromatic heterocycles.